The van der Waals surface area contributed by atoms with Crippen molar-refractivity contribution in [3.63, 3.8) is 0 Å². The number of aliphatic hydroxyl groups is 1. The van der Waals surface area contributed by atoms with E-state index in [9.17, 15) is 4.79 Å². The largest absolute Gasteiger partial charge is 0.395 e. The van der Waals surface area contributed by atoms with Crippen molar-refractivity contribution >= 4 is 5.91 Å². The first-order valence-corrected chi connectivity index (χ1v) is 7.02. The molecule has 0 unspecified atom stereocenters. The van der Waals surface area contributed by atoms with Crippen LogP contribution in [-0.2, 0) is 4.79 Å². The molecule has 0 atom stereocenters. The van der Waals surface area contributed by atoms with Crippen LogP contribution in [0.4, 0.5) is 0 Å². The van der Waals surface area contributed by atoms with Crippen LogP contribution in [0.5, 0.6) is 0 Å². The predicted molar refractivity (Wildman–Crippen MR) is 70.4 cm³/mol. The van der Waals surface area contributed by atoms with Gasteiger partial charge in [0.25, 0.3) is 0 Å². The monoisotopic (exact) mass is 255 g/mol. The van der Waals surface area contributed by atoms with Crippen molar-refractivity contribution in [2.75, 3.05) is 52.9 Å². The third-order valence-corrected chi connectivity index (χ3v) is 4.17. The first-order valence-electron chi connectivity index (χ1n) is 7.02. The Hall–Kier alpha value is -0.650. The van der Waals surface area contributed by atoms with Gasteiger partial charge in [-0.15, -0.1) is 0 Å². The first-order chi connectivity index (χ1) is 8.70. The number of piperazine rings is 1. The highest BCUT2D eigenvalue weighted by atomic mass is 16.3. The molecule has 1 saturated heterocycles. The molecule has 1 heterocycles. The summed E-state index contributed by atoms with van der Waals surface area (Å²) in [7, 11) is 2.09. The smallest absolute Gasteiger partial charge is 0.236 e. The van der Waals surface area contributed by atoms with E-state index < -0.39 is 0 Å². The Balaban J connectivity index is 1.80. The number of carbonyl (C=O) groups is 1. The molecule has 2 fully saturated rings. The van der Waals surface area contributed by atoms with Gasteiger partial charge in [-0.25, -0.2) is 0 Å². The summed E-state index contributed by atoms with van der Waals surface area (Å²) in [6.45, 7) is 4.87. The molecule has 1 aliphatic carbocycles. The lowest BCUT2D eigenvalue weighted by atomic mass is 9.91. The fourth-order valence-electron chi connectivity index (χ4n) is 2.60. The van der Waals surface area contributed by atoms with Gasteiger partial charge < -0.3 is 14.9 Å². The van der Waals surface area contributed by atoms with Gasteiger partial charge in [0, 0.05) is 38.8 Å². The number of likely N-dealkylation sites (N-methyl/N-ethyl adjacent to an activating group) is 1. The van der Waals surface area contributed by atoms with Gasteiger partial charge in [-0.1, -0.05) is 6.42 Å². The second-order valence-corrected chi connectivity index (χ2v) is 5.46. The topological polar surface area (TPSA) is 47.0 Å². The lowest BCUT2D eigenvalue weighted by molar-refractivity contribution is -0.135. The summed E-state index contributed by atoms with van der Waals surface area (Å²) in [4.78, 5) is 18.6. The van der Waals surface area contributed by atoms with E-state index >= 15 is 0 Å². The summed E-state index contributed by atoms with van der Waals surface area (Å²) in [6, 6.07) is 0.522. The van der Waals surface area contributed by atoms with E-state index in [4.69, 9.17) is 5.11 Å². The zero-order valence-electron chi connectivity index (χ0n) is 11.3. The molecule has 0 spiro atoms. The van der Waals surface area contributed by atoms with Crippen LogP contribution in [0.1, 0.15) is 19.3 Å². The minimum atomic E-state index is 0.145. The Morgan fingerprint density at radius 2 is 1.94 bits per heavy atom. The molecule has 2 aliphatic rings. The molecule has 0 radical (unpaired) electrons. The number of hydrogen-bond acceptors (Lipinski definition) is 4. The maximum atomic E-state index is 12.2. The number of nitrogens with zero attached hydrogens (tertiary/aromatic N) is 3. The van der Waals surface area contributed by atoms with Gasteiger partial charge in [-0.2, -0.15) is 0 Å². The summed E-state index contributed by atoms with van der Waals surface area (Å²) >= 11 is 0. The Labute approximate surface area is 109 Å². The standard InChI is InChI=1S/C13H25N3O2/c1-14-5-7-15(8-6-14)13(18)11-16(9-10-17)12-3-2-4-12/h12,17H,2-11H2,1H3. The van der Waals surface area contributed by atoms with Gasteiger partial charge in [-0.05, 0) is 19.9 Å². The maximum absolute atomic E-state index is 12.2. The quantitative estimate of drug-likeness (QED) is 0.727. The normalized spacial score (nSPS) is 22.3. The third-order valence-electron chi connectivity index (χ3n) is 4.17. The molecule has 1 saturated carbocycles. The highest BCUT2D eigenvalue weighted by molar-refractivity contribution is 5.78. The lowest BCUT2D eigenvalue weighted by Gasteiger charge is -2.39. The maximum Gasteiger partial charge on any atom is 0.236 e. The van der Waals surface area contributed by atoms with E-state index in [0.29, 0.717) is 19.1 Å². The van der Waals surface area contributed by atoms with Gasteiger partial charge in [0.1, 0.15) is 0 Å². The molecule has 18 heavy (non-hydrogen) atoms. The molecule has 5 nitrogen and oxygen atoms in total. The molecule has 0 aromatic rings. The van der Waals surface area contributed by atoms with Gasteiger partial charge in [0.05, 0.1) is 13.2 Å². The molecule has 1 aliphatic heterocycles. The summed E-state index contributed by atoms with van der Waals surface area (Å²) < 4.78 is 0. The van der Waals surface area contributed by atoms with Crippen molar-refractivity contribution in [1.29, 1.82) is 0 Å². The number of carbonyl (C=O) groups excluding carboxylic acids is 1. The average molecular weight is 255 g/mol. The van der Waals surface area contributed by atoms with Crippen LogP contribution in [0.2, 0.25) is 0 Å². The van der Waals surface area contributed by atoms with E-state index in [-0.39, 0.29) is 12.5 Å². The molecule has 104 valence electrons. The Bertz CT molecular complexity index is 273. The highest BCUT2D eigenvalue weighted by Crippen LogP contribution is 2.24. The second-order valence-electron chi connectivity index (χ2n) is 5.46. The molecular weight excluding hydrogens is 230 g/mol. The zero-order valence-corrected chi connectivity index (χ0v) is 11.3. The molecule has 0 bridgehead atoms. The number of hydrogen-bond donors (Lipinski definition) is 1. The van der Waals surface area contributed by atoms with Crippen molar-refractivity contribution in [3.05, 3.63) is 0 Å². The average Bonchev–Trinajstić information content (AvgIpc) is 2.27. The lowest BCUT2D eigenvalue weighted by Crippen LogP contribution is -2.52. The molecule has 2 rings (SSSR count). The van der Waals surface area contributed by atoms with Crippen LogP contribution in [0.15, 0.2) is 0 Å². The molecule has 0 aromatic heterocycles. The van der Waals surface area contributed by atoms with E-state index in [1.807, 2.05) is 4.90 Å². The van der Waals surface area contributed by atoms with Crippen LogP contribution < -0.4 is 0 Å². The zero-order chi connectivity index (χ0) is 13.0. The van der Waals surface area contributed by atoms with Crippen LogP contribution in [0.25, 0.3) is 0 Å². The fourth-order valence-corrected chi connectivity index (χ4v) is 2.60. The minimum absolute atomic E-state index is 0.145. The van der Waals surface area contributed by atoms with E-state index in [1.165, 1.54) is 19.3 Å². The van der Waals surface area contributed by atoms with Crippen molar-refractivity contribution in [1.82, 2.24) is 14.7 Å². The Morgan fingerprint density at radius 1 is 1.28 bits per heavy atom. The molecule has 0 aromatic carbocycles. The van der Waals surface area contributed by atoms with Gasteiger partial charge >= 0.3 is 0 Å². The summed E-state index contributed by atoms with van der Waals surface area (Å²) in [5, 5.41) is 9.09. The Kier molecular flexibility index (Phi) is 4.97. The summed E-state index contributed by atoms with van der Waals surface area (Å²) in [5.74, 6) is 0.225. The van der Waals surface area contributed by atoms with Gasteiger partial charge in [0.2, 0.25) is 5.91 Å². The van der Waals surface area contributed by atoms with Crippen molar-refractivity contribution < 1.29 is 9.90 Å². The molecule has 1 amide bonds. The second kappa shape index (κ2) is 6.50. The van der Waals surface area contributed by atoms with Crippen LogP contribution in [0.3, 0.4) is 0 Å². The van der Waals surface area contributed by atoms with Crippen molar-refractivity contribution in [2.24, 2.45) is 0 Å². The van der Waals surface area contributed by atoms with E-state index in [2.05, 4.69) is 16.8 Å². The van der Waals surface area contributed by atoms with E-state index in [0.717, 1.165) is 26.2 Å². The number of amides is 1. The molecule has 5 heteroatoms. The first kappa shape index (κ1) is 13.8. The van der Waals surface area contributed by atoms with Gasteiger partial charge in [0.15, 0.2) is 0 Å². The molecular formula is C13H25N3O2. The predicted octanol–water partition coefficient (Wildman–Crippen LogP) is -0.393. The molecule has 1 N–H and O–H groups in total. The third kappa shape index (κ3) is 3.43. The van der Waals surface area contributed by atoms with Gasteiger partial charge in [-0.3, -0.25) is 9.69 Å². The minimum Gasteiger partial charge on any atom is -0.395 e. The SMILES string of the molecule is CN1CCN(C(=O)CN(CCO)C2CCC2)CC1. The summed E-state index contributed by atoms with van der Waals surface area (Å²) in [5.41, 5.74) is 0. The van der Waals surface area contributed by atoms with Crippen LogP contribution >= 0.6 is 0 Å². The highest BCUT2D eigenvalue weighted by Gasteiger charge is 2.28. The van der Waals surface area contributed by atoms with E-state index in [1.54, 1.807) is 0 Å². The van der Waals surface area contributed by atoms with Crippen molar-refractivity contribution in [3.8, 4) is 0 Å². The van der Waals surface area contributed by atoms with Crippen LogP contribution in [0, 0.1) is 0 Å². The van der Waals surface area contributed by atoms with Crippen molar-refractivity contribution in [2.45, 2.75) is 25.3 Å². The summed E-state index contributed by atoms with van der Waals surface area (Å²) in [6.07, 6.45) is 3.61. The fraction of sp³-hybridized carbons (Fsp3) is 0.923. The number of aliphatic hydroxyl groups excluding tert-OH is 1. The Morgan fingerprint density at radius 3 is 2.44 bits per heavy atom. The van der Waals surface area contributed by atoms with Crippen LogP contribution in [-0.4, -0.2) is 84.7 Å². The number of rotatable bonds is 5.